The largest absolute Gasteiger partial charge is 0.356 e. The van der Waals surface area contributed by atoms with Crippen molar-refractivity contribution in [2.24, 2.45) is 5.92 Å². The van der Waals surface area contributed by atoms with Gasteiger partial charge in [-0.3, -0.25) is 14.3 Å². The molecule has 2 N–H and O–H groups in total. The van der Waals surface area contributed by atoms with Gasteiger partial charge in [0.25, 0.3) is 0 Å². The Morgan fingerprint density at radius 2 is 2.06 bits per heavy atom. The Balaban J connectivity index is 1.76. The second kappa shape index (κ2) is 4.64. The maximum Gasteiger partial charge on any atom is 0.237 e. The predicted molar refractivity (Wildman–Crippen MR) is 60.4 cm³/mol. The minimum atomic E-state index is -3.45. The Morgan fingerprint density at radius 3 is 2.59 bits per heavy atom. The first-order chi connectivity index (χ1) is 7.99. The molecule has 0 aromatic heterocycles. The van der Waals surface area contributed by atoms with Crippen LogP contribution in [0.4, 0.5) is 0 Å². The maximum absolute atomic E-state index is 11.5. The quantitative estimate of drug-likeness (QED) is 0.697. The molecule has 2 fully saturated rings. The van der Waals surface area contributed by atoms with E-state index in [-0.39, 0.29) is 23.5 Å². The van der Waals surface area contributed by atoms with Gasteiger partial charge in [0.15, 0.2) is 0 Å². The Kier molecular flexibility index (Phi) is 3.37. The lowest BCUT2D eigenvalue weighted by Crippen LogP contribution is -2.33. The molecule has 17 heavy (non-hydrogen) atoms. The molecule has 1 saturated carbocycles. The number of hydrogen-bond donors (Lipinski definition) is 2. The lowest BCUT2D eigenvalue weighted by Gasteiger charge is -2.07. The number of carbonyl (C=O) groups is 2. The fourth-order valence-corrected chi connectivity index (χ4v) is 3.24. The van der Waals surface area contributed by atoms with Crippen molar-refractivity contribution in [3.05, 3.63) is 0 Å². The zero-order valence-electron chi connectivity index (χ0n) is 9.44. The van der Waals surface area contributed by atoms with Gasteiger partial charge in [0, 0.05) is 18.9 Å². The fraction of sp³-hybridized carbons (Fsp3) is 0.800. The third kappa shape index (κ3) is 3.18. The van der Waals surface area contributed by atoms with Crippen molar-refractivity contribution < 1.29 is 18.0 Å². The summed E-state index contributed by atoms with van der Waals surface area (Å²) in [6.45, 7) is 0.644. The molecule has 96 valence electrons. The monoisotopic (exact) mass is 260 g/mol. The maximum atomic E-state index is 11.5. The smallest absolute Gasteiger partial charge is 0.237 e. The Bertz CT molecular complexity index is 428. The summed E-state index contributed by atoms with van der Waals surface area (Å²) in [4.78, 5) is 22.7. The zero-order valence-corrected chi connectivity index (χ0v) is 10.3. The molecule has 0 radical (unpaired) electrons. The average molecular weight is 260 g/mol. The van der Waals surface area contributed by atoms with Crippen LogP contribution in [0.15, 0.2) is 0 Å². The summed E-state index contributed by atoms with van der Waals surface area (Å²) in [5.74, 6) is -0.691. The van der Waals surface area contributed by atoms with Crippen LogP contribution in [-0.4, -0.2) is 32.0 Å². The number of sulfonamides is 1. The van der Waals surface area contributed by atoms with Crippen LogP contribution in [-0.2, 0) is 19.6 Å². The SMILES string of the molecule is O=C(CC[C@H]1CCNC1=O)NS(=O)(=O)C1CC1. The second-order valence-corrected chi connectivity index (χ2v) is 6.55. The van der Waals surface area contributed by atoms with E-state index in [1.807, 2.05) is 0 Å². The molecule has 0 bridgehead atoms. The minimum absolute atomic E-state index is 0.0390. The van der Waals surface area contributed by atoms with Gasteiger partial charge in [-0.2, -0.15) is 0 Å². The molecule has 1 heterocycles. The van der Waals surface area contributed by atoms with Crippen LogP contribution in [0.3, 0.4) is 0 Å². The average Bonchev–Trinajstić information content (AvgIpc) is 3.01. The molecule has 0 aromatic rings. The van der Waals surface area contributed by atoms with Gasteiger partial charge in [-0.1, -0.05) is 0 Å². The van der Waals surface area contributed by atoms with Crippen molar-refractivity contribution in [2.75, 3.05) is 6.54 Å². The van der Waals surface area contributed by atoms with E-state index in [0.717, 1.165) is 6.42 Å². The number of rotatable bonds is 5. The highest BCUT2D eigenvalue weighted by molar-refractivity contribution is 7.90. The van der Waals surface area contributed by atoms with Crippen LogP contribution >= 0.6 is 0 Å². The van der Waals surface area contributed by atoms with Crippen molar-refractivity contribution in [3.63, 3.8) is 0 Å². The molecule has 1 saturated heterocycles. The van der Waals surface area contributed by atoms with Crippen LogP contribution in [0, 0.1) is 5.92 Å². The van der Waals surface area contributed by atoms with Crippen molar-refractivity contribution in [2.45, 2.75) is 37.4 Å². The first-order valence-electron chi connectivity index (χ1n) is 5.81. The van der Waals surface area contributed by atoms with E-state index < -0.39 is 15.9 Å². The molecule has 1 aliphatic carbocycles. The topological polar surface area (TPSA) is 92.3 Å². The lowest BCUT2D eigenvalue weighted by atomic mass is 10.0. The third-order valence-corrected chi connectivity index (χ3v) is 4.96. The molecule has 2 amide bonds. The summed E-state index contributed by atoms with van der Waals surface area (Å²) in [7, 11) is -3.45. The molecule has 2 rings (SSSR count). The third-order valence-electron chi connectivity index (χ3n) is 3.10. The van der Waals surface area contributed by atoms with E-state index in [9.17, 15) is 18.0 Å². The van der Waals surface area contributed by atoms with Gasteiger partial charge in [-0.15, -0.1) is 0 Å². The van der Waals surface area contributed by atoms with Gasteiger partial charge < -0.3 is 5.32 Å². The zero-order chi connectivity index (χ0) is 12.5. The number of carbonyl (C=O) groups excluding carboxylic acids is 2. The van der Waals surface area contributed by atoms with Crippen LogP contribution < -0.4 is 10.0 Å². The number of nitrogens with one attached hydrogen (secondary N) is 2. The number of amides is 2. The molecule has 0 spiro atoms. The molecule has 0 aromatic carbocycles. The van der Waals surface area contributed by atoms with Crippen LogP contribution in [0.2, 0.25) is 0 Å². The van der Waals surface area contributed by atoms with Gasteiger partial charge in [0.2, 0.25) is 21.8 Å². The Hall–Kier alpha value is -1.11. The van der Waals surface area contributed by atoms with E-state index in [0.29, 0.717) is 25.8 Å². The van der Waals surface area contributed by atoms with Gasteiger partial charge >= 0.3 is 0 Å². The van der Waals surface area contributed by atoms with Crippen LogP contribution in [0.5, 0.6) is 0 Å². The van der Waals surface area contributed by atoms with Gasteiger partial charge in [0.1, 0.15) is 0 Å². The van der Waals surface area contributed by atoms with Gasteiger partial charge in [-0.25, -0.2) is 8.42 Å². The summed E-state index contributed by atoms with van der Waals surface area (Å²) >= 11 is 0. The first kappa shape index (κ1) is 12.3. The second-order valence-electron chi connectivity index (χ2n) is 4.58. The van der Waals surface area contributed by atoms with Crippen molar-refractivity contribution in [1.82, 2.24) is 10.0 Å². The first-order valence-corrected chi connectivity index (χ1v) is 7.36. The number of hydrogen-bond acceptors (Lipinski definition) is 4. The molecular formula is C10H16N2O4S. The minimum Gasteiger partial charge on any atom is -0.356 e. The normalized spacial score (nSPS) is 24.5. The standard InChI is InChI=1S/C10H16N2O4S/c13-9(12-17(15,16)8-2-3-8)4-1-7-5-6-11-10(7)14/h7-8H,1-6H2,(H,11,14)(H,12,13)/t7-/m0/s1. The van der Waals surface area contributed by atoms with E-state index in [2.05, 4.69) is 10.0 Å². The highest BCUT2D eigenvalue weighted by atomic mass is 32.2. The molecule has 0 unspecified atom stereocenters. The van der Waals surface area contributed by atoms with Crippen LogP contribution in [0.1, 0.15) is 32.1 Å². The van der Waals surface area contributed by atoms with Gasteiger partial charge in [0.05, 0.1) is 5.25 Å². The highest BCUT2D eigenvalue weighted by Crippen LogP contribution is 2.27. The van der Waals surface area contributed by atoms with E-state index >= 15 is 0 Å². The van der Waals surface area contributed by atoms with E-state index in [1.54, 1.807) is 0 Å². The summed E-state index contributed by atoms with van der Waals surface area (Å²) in [5, 5.41) is 2.29. The Labute approximate surface area is 100 Å². The molecule has 1 atom stereocenters. The molecule has 2 aliphatic rings. The fourth-order valence-electron chi connectivity index (χ4n) is 1.90. The van der Waals surface area contributed by atoms with Crippen LogP contribution in [0.25, 0.3) is 0 Å². The lowest BCUT2D eigenvalue weighted by molar-refractivity contribution is -0.123. The summed E-state index contributed by atoms with van der Waals surface area (Å²) in [5.41, 5.74) is 0. The van der Waals surface area contributed by atoms with E-state index in [1.165, 1.54) is 0 Å². The summed E-state index contributed by atoms with van der Waals surface area (Å²) < 4.78 is 25.0. The van der Waals surface area contributed by atoms with Crippen molar-refractivity contribution >= 4 is 21.8 Å². The summed E-state index contributed by atoms with van der Waals surface area (Å²) in [6, 6.07) is 0. The molecule has 7 heteroatoms. The predicted octanol–water partition coefficient (Wildman–Crippen LogP) is -0.489. The van der Waals surface area contributed by atoms with Gasteiger partial charge in [-0.05, 0) is 25.7 Å². The molecule has 1 aliphatic heterocycles. The molecular weight excluding hydrogens is 244 g/mol. The highest BCUT2D eigenvalue weighted by Gasteiger charge is 2.36. The van der Waals surface area contributed by atoms with E-state index in [4.69, 9.17) is 0 Å². The molecule has 6 nitrogen and oxygen atoms in total. The van der Waals surface area contributed by atoms with Crippen molar-refractivity contribution in [3.8, 4) is 0 Å². The Morgan fingerprint density at radius 1 is 1.35 bits per heavy atom. The van der Waals surface area contributed by atoms with Crippen molar-refractivity contribution in [1.29, 1.82) is 0 Å². The summed E-state index contributed by atoms with van der Waals surface area (Å²) in [6.07, 6.45) is 2.49.